The fourth-order valence-electron chi connectivity index (χ4n) is 12.7. The van der Waals surface area contributed by atoms with Crippen LogP contribution in [0.25, 0.3) is 0 Å². The summed E-state index contributed by atoms with van der Waals surface area (Å²) in [7, 11) is 0. The summed E-state index contributed by atoms with van der Waals surface area (Å²) >= 11 is 0. The number of aliphatic hydroxyl groups is 7. The maximum atomic E-state index is 12.2. The van der Waals surface area contributed by atoms with Gasteiger partial charge in [0.2, 0.25) is 0 Å². The number of hydrogen-bond acceptors (Lipinski definition) is 10. The van der Waals surface area contributed by atoms with Crippen molar-refractivity contribution in [1.29, 1.82) is 0 Å². The van der Waals surface area contributed by atoms with E-state index in [1.807, 2.05) is 0 Å². The van der Waals surface area contributed by atoms with Crippen molar-refractivity contribution in [3.05, 3.63) is 0 Å². The Bertz CT molecular complexity index is 1140. The minimum absolute atomic E-state index is 0.0189. The van der Waals surface area contributed by atoms with Gasteiger partial charge in [-0.15, -0.1) is 0 Å². The topological polar surface area (TPSA) is 169 Å². The number of fused-ring (bicyclic) bond motifs is 5. The maximum Gasteiger partial charge on any atom is 0.186 e. The molecule has 7 N–H and O–H groups in total. The van der Waals surface area contributed by atoms with E-state index in [9.17, 15) is 35.7 Å². The summed E-state index contributed by atoms with van der Waals surface area (Å²) in [5.41, 5.74) is -2.83. The van der Waals surface area contributed by atoms with E-state index >= 15 is 0 Å². The van der Waals surface area contributed by atoms with Crippen LogP contribution >= 0.6 is 0 Å². The molecule has 46 heavy (non-hydrogen) atoms. The Morgan fingerprint density at radius 2 is 1.50 bits per heavy atom. The molecule has 0 unspecified atom stereocenters. The first-order valence-electron chi connectivity index (χ1n) is 17.9. The van der Waals surface area contributed by atoms with Gasteiger partial charge in [-0.25, -0.2) is 0 Å². The molecule has 0 aromatic rings. The molecule has 10 nitrogen and oxygen atoms in total. The third-order valence-corrected chi connectivity index (χ3v) is 15.3. The van der Waals surface area contributed by atoms with Crippen LogP contribution in [0.4, 0.5) is 0 Å². The Labute approximate surface area is 274 Å². The largest absolute Gasteiger partial charge is 0.394 e. The van der Waals surface area contributed by atoms with Gasteiger partial charge in [-0.3, -0.25) is 0 Å². The van der Waals surface area contributed by atoms with Crippen LogP contribution in [0.2, 0.25) is 0 Å². The van der Waals surface area contributed by atoms with Crippen LogP contribution in [0.1, 0.15) is 107 Å². The van der Waals surface area contributed by atoms with Crippen LogP contribution in [0, 0.1) is 45.3 Å². The van der Waals surface area contributed by atoms with Crippen LogP contribution in [0.5, 0.6) is 0 Å². The molecular formula is C36H62O10. The minimum atomic E-state index is -1.54. The van der Waals surface area contributed by atoms with Crippen LogP contribution < -0.4 is 0 Å². The Balaban J connectivity index is 1.38. The highest BCUT2D eigenvalue weighted by Crippen LogP contribution is 2.76. The maximum absolute atomic E-state index is 12.2. The molecular weight excluding hydrogens is 592 g/mol. The van der Waals surface area contributed by atoms with Gasteiger partial charge in [0, 0.05) is 0 Å². The molecule has 0 spiro atoms. The van der Waals surface area contributed by atoms with Crippen molar-refractivity contribution in [3.8, 4) is 0 Å². The van der Waals surface area contributed by atoms with Gasteiger partial charge in [0.1, 0.15) is 24.4 Å². The van der Waals surface area contributed by atoms with Crippen molar-refractivity contribution in [1.82, 2.24) is 0 Å². The second kappa shape index (κ2) is 11.3. The normalized spacial score (nSPS) is 57.1. The van der Waals surface area contributed by atoms with Crippen molar-refractivity contribution >= 4 is 0 Å². The van der Waals surface area contributed by atoms with E-state index in [0.29, 0.717) is 19.3 Å². The molecule has 0 radical (unpaired) electrons. The molecule has 6 rings (SSSR count). The van der Waals surface area contributed by atoms with Gasteiger partial charge in [0.25, 0.3) is 0 Å². The lowest BCUT2D eigenvalue weighted by atomic mass is 9.34. The quantitative estimate of drug-likeness (QED) is 0.219. The average Bonchev–Trinajstić information content (AvgIpc) is 3.55. The third-order valence-electron chi connectivity index (χ3n) is 15.3. The van der Waals surface area contributed by atoms with E-state index < -0.39 is 72.2 Å². The SMILES string of the molecule is CC(C)(O)[C@H]1CC[C@@](C)([C@H]2CC[C@@]3(C)[C@H]2[C@@H](O)C[C@H]2[C@@]4(C)CC[C@@H](O)C(C)(C)[C@@H]4[C@@H](O[C@H]4O[C@H](CO)[C@@H](O)[C@@H](O)[C@H]4O)C[C@]23C)O1. The molecule has 6 fully saturated rings. The molecule has 2 saturated heterocycles. The van der Waals surface area contributed by atoms with Gasteiger partial charge < -0.3 is 50.0 Å². The highest BCUT2D eigenvalue weighted by atomic mass is 16.7. The average molecular weight is 655 g/mol. The third kappa shape index (κ3) is 4.94. The smallest absolute Gasteiger partial charge is 0.186 e. The van der Waals surface area contributed by atoms with Gasteiger partial charge in [-0.1, -0.05) is 34.6 Å². The predicted molar refractivity (Wildman–Crippen MR) is 169 cm³/mol. The highest BCUT2D eigenvalue weighted by Gasteiger charge is 2.74. The minimum Gasteiger partial charge on any atom is -0.394 e. The number of ether oxygens (including phenoxy) is 3. The fourth-order valence-corrected chi connectivity index (χ4v) is 12.7. The Kier molecular flexibility index (Phi) is 8.71. The second-order valence-electron chi connectivity index (χ2n) is 18.4. The first kappa shape index (κ1) is 35.4. The molecule has 0 aromatic heterocycles. The van der Waals surface area contributed by atoms with Crippen molar-refractivity contribution in [2.75, 3.05) is 6.61 Å². The zero-order chi connectivity index (χ0) is 34.0. The lowest BCUT2D eigenvalue weighted by molar-refractivity contribution is -0.347. The summed E-state index contributed by atoms with van der Waals surface area (Å²) in [6.45, 7) is 16.4. The van der Waals surface area contributed by atoms with Crippen molar-refractivity contribution in [2.45, 2.75) is 173 Å². The summed E-state index contributed by atoms with van der Waals surface area (Å²) in [6, 6.07) is 0. The first-order valence-corrected chi connectivity index (χ1v) is 17.9. The van der Waals surface area contributed by atoms with Crippen molar-refractivity contribution < 1.29 is 50.0 Å². The Morgan fingerprint density at radius 3 is 2.11 bits per heavy atom. The molecule has 266 valence electrons. The van der Waals surface area contributed by atoms with Gasteiger partial charge in [0.15, 0.2) is 6.29 Å². The molecule has 2 heterocycles. The van der Waals surface area contributed by atoms with Crippen LogP contribution in [0.3, 0.4) is 0 Å². The van der Waals surface area contributed by atoms with E-state index in [-0.39, 0.29) is 46.0 Å². The van der Waals surface area contributed by atoms with Gasteiger partial charge in [0.05, 0.1) is 42.2 Å². The molecule has 0 amide bonds. The fraction of sp³-hybridized carbons (Fsp3) is 1.00. The highest BCUT2D eigenvalue weighted by molar-refractivity contribution is 5.22. The van der Waals surface area contributed by atoms with Gasteiger partial charge in [-0.2, -0.15) is 0 Å². The van der Waals surface area contributed by atoms with E-state index in [1.54, 1.807) is 13.8 Å². The molecule has 0 bridgehead atoms. The Hall–Kier alpha value is -0.400. The monoisotopic (exact) mass is 654 g/mol. The zero-order valence-electron chi connectivity index (χ0n) is 29.2. The summed E-state index contributed by atoms with van der Waals surface area (Å²) in [4.78, 5) is 0. The van der Waals surface area contributed by atoms with E-state index in [0.717, 1.165) is 32.1 Å². The number of hydrogen-bond donors (Lipinski definition) is 7. The van der Waals surface area contributed by atoms with Gasteiger partial charge >= 0.3 is 0 Å². The molecule has 2 aliphatic heterocycles. The van der Waals surface area contributed by atoms with Crippen molar-refractivity contribution in [2.24, 2.45) is 45.3 Å². The van der Waals surface area contributed by atoms with E-state index in [4.69, 9.17) is 14.2 Å². The molecule has 10 heteroatoms. The predicted octanol–water partition coefficient (Wildman–Crippen LogP) is 2.51. The molecule has 17 atom stereocenters. The molecule has 4 aliphatic carbocycles. The summed E-state index contributed by atoms with van der Waals surface area (Å²) < 4.78 is 19.4. The lowest BCUT2D eigenvalue weighted by Gasteiger charge is -2.72. The van der Waals surface area contributed by atoms with E-state index in [1.165, 1.54) is 0 Å². The van der Waals surface area contributed by atoms with Gasteiger partial charge in [-0.05, 0) is 117 Å². The van der Waals surface area contributed by atoms with Crippen LogP contribution in [0.15, 0.2) is 0 Å². The molecule has 4 saturated carbocycles. The molecule has 0 aromatic carbocycles. The standard InChI is InChI=1S/C36H62O10/c1-31(2)23(39)10-12-33(5)22-15-19(38)25-18(36(8)14-11-24(46-36)32(3,4)43)9-13-34(25,6)35(22,7)16-20(29(31)33)44-30-28(42)27(41)26(40)21(17-37)45-30/h18-30,37-43H,9-17H2,1-8H3/t18-,19-,20-,21+,22-,23+,24+,25+,26+,27+,28+,29-,30-,33+,34-,35+,36-/m0/s1. The summed E-state index contributed by atoms with van der Waals surface area (Å²) in [5, 5.41) is 76.4. The zero-order valence-corrected chi connectivity index (χ0v) is 29.2. The Morgan fingerprint density at radius 1 is 0.826 bits per heavy atom. The van der Waals surface area contributed by atoms with Crippen molar-refractivity contribution in [3.63, 3.8) is 0 Å². The number of rotatable bonds is 5. The number of aliphatic hydroxyl groups excluding tert-OH is 6. The van der Waals surface area contributed by atoms with Crippen LogP contribution in [-0.2, 0) is 14.2 Å². The van der Waals surface area contributed by atoms with Crippen LogP contribution in [-0.4, -0.2) is 109 Å². The lowest BCUT2D eigenvalue weighted by Crippen LogP contribution is -2.71. The van der Waals surface area contributed by atoms with E-state index in [2.05, 4.69) is 41.5 Å². The summed E-state index contributed by atoms with van der Waals surface area (Å²) in [5.74, 6) is 0.0944. The first-order chi connectivity index (χ1) is 21.2. The molecule has 6 aliphatic rings. The second-order valence-corrected chi connectivity index (χ2v) is 18.4. The summed E-state index contributed by atoms with van der Waals surface area (Å²) in [6.07, 6.45) is -2.57.